The summed E-state index contributed by atoms with van der Waals surface area (Å²) in [5.41, 5.74) is 1.04. The molecule has 2 N–H and O–H groups in total. The number of rotatable bonds is 13. The molecule has 0 bridgehead atoms. The van der Waals surface area contributed by atoms with Crippen LogP contribution in [0.25, 0.3) is 0 Å². The van der Waals surface area contributed by atoms with Crippen LogP contribution in [-0.2, 0) is 6.42 Å². The topological polar surface area (TPSA) is 53.1 Å². The second-order valence-electron chi connectivity index (χ2n) is 6.11. The summed E-state index contributed by atoms with van der Waals surface area (Å²) in [7, 11) is 0. The minimum atomic E-state index is -0.991. The Labute approximate surface area is 139 Å². The van der Waals surface area contributed by atoms with Crippen LogP contribution >= 0.6 is 11.6 Å². The number of nitrogens with one attached hydrogen (secondary N) is 1. The van der Waals surface area contributed by atoms with Gasteiger partial charge in [0.15, 0.2) is 0 Å². The van der Waals surface area contributed by atoms with E-state index in [0.717, 1.165) is 18.5 Å². The first-order chi connectivity index (χ1) is 10.6. The number of unbranched alkanes of at least 4 members (excludes halogenated alkanes) is 10. The number of hydrogen-bond acceptors (Lipinski definition) is 1. The van der Waals surface area contributed by atoms with Gasteiger partial charge < -0.3 is 10.1 Å². The number of aromatic nitrogens is 1. The highest BCUT2D eigenvalue weighted by Crippen LogP contribution is 2.19. The first-order valence-electron chi connectivity index (χ1n) is 8.75. The van der Waals surface area contributed by atoms with Crippen molar-refractivity contribution in [1.82, 2.24) is 4.98 Å². The van der Waals surface area contributed by atoms with Crippen LogP contribution in [0.2, 0.25) is 5.02 Å². The van der Waals surface area contributed by atoms with Crippen molar-refractivity contribution in [3.63, 3.8) is 0 Å². The zero-order valence-corrected chi connectivity index (χ0v) is 14.6. The van der Waals surface area contributed by atoms with Gasteiger partial charge in [-0.15, -0.1) is 0 Å². The van der Waals surface area contributed by atoms with Crippen LogP contribution in [0, 0.1) is 0 Å². The van der Waals surface area contributed by atoms with Crippen LogP contribution in [0.5, 0.6) is 0 Å². The molecule has 0 saturated carbocycles. The average Bonchev–Trinajstić information content (AvgIpc) is 2.86. The van der Waals surface area contributed by atoms with E-state index in [1.807, 2.05) is 0 Å². The molecule has 1 heterocycles. The van der Waals surface area contributed by atoms with E-state index in [9.17, 15) is 4.79 Å². The third-order valence-corrected chi connectivity index (χ3v) is 4.39. The largest absolute Gasteiger partial charge is 0.477 e. The van der Waals surface area contributed by atoms with Gasteiger partial charge in [-0.1, -0.05) is 82.7 Å². The molecule has 0 spiro atoms. The summed E-state index contributed by atoms with van der Waals surface area (Å²) in [5.74, 6) is -0.991. The highest BCUT2D eigenvalue weighted by Gasteiger charge is 2.12. The molecule has 0 amide bonds. The van der Waals surface area contributed by atoms with Crippen molar-refractivity contribution < 1.29 is 9.90 Å². The average molecular weight is 328 g/mol. The third-order valence-electron chi connectivity index (χ3n) is 4.09. The molecule has 126 valence electrons. The summed E-state index contributed by atoms with van der Waals surface area (Å²) in [5, 5.41) is 9.23. The lowest BCUT2D eigenvalue weighted by Gasteiger charge is -2.02. The molecule has 0 aliphatic carbocycles. The predicted octanol–water partition coefficient (Wildman–Crippen LogP) is 6.22. The number of carboxylic acids is 1. The minimum absolute atomic E-state index is 0.111. The summed E-state index contributed by atoms with van der Waals surface area (Å²) in [6.45, 7) is 2.25. The number of aromatic carboxylic acids is 1. The molecule has 0 unspecified atom stereocenters. The van der Waals surface area contributed by atoms with Crippen LogP contribution in [-0.4, -0.2) is 16.1 Å². The van der Waals surface area contributed by atoms with Gasteiger partial charge in [0.05, 0.1) is 5.02 Å². The van der Waals surface area contributed by atoms with Gasteiger partial charge in [0, 0.05) is 5.69 Å². The summed E-state index contributed by atoms with van der Waals surface area (Å²) in [4.78, 5) is 13.8. The zero-order valence-electron chi connectivity index (χ0n) is 13.8. The smallest absolute Gasteiger partial charge is 0.353 e. The summed E-state index contributed by atoms with van der Waals surface area (Å²) >= 11 is 5.87. The monoisotopic (exact) mass is 327 g/mol. The van der Waals surface area contributed by atoms with E-state index >= 15 is 0 Å². The van der Waals surface area contributed by atoms with E-state index < -0.39 is 5.97 Å². The normalized spacial score (nSPS) is 11.0. The quantitative estimate of drug-likeness (QED) is 0.422. The Hall–Kier alpha value is -0.960. The van der Waals surface area contributed by atoms with E-state index in [0.29, 0.717) is 5.02 Å². The first kappa shape index (κ1) is 19.1. The molecular weight excluding hydrogens is 298 g/mol. The molecule has 1 aromatic heterocycles. The number of hydrogen-bond donors (Lipinski definition) is 2. The third kappa shape index (κ3) is 7.88. The molecule has 0 aliphatic heterocycles. The number of carboxylic acid groups (broad SMARTS) is 1. The van der Waals surface area contributed by atoms with Gasteiger partial charge in [0.2, 0.25) is 0 Å². The fourth-order valence-electron chi connectivity index (χ4n) is 2.75. The maximum atomic E-state index is 10.9. The molecule has 0 radical (unpaired) electrons. The Morgan fingerprint density at radius 2 is 1.50 bits per heavy atom. The van der Waals surface area contributed by atoms with Crippen molar-refractivity contribution >= 4 is 17.6 Å². The maximum absolute atomic E-state index is 10.9. The molecule has 4 heteroatoms. The number of aryl methyl sites for hydroxylation is 1. The van der Waals surface area contributed by atoms with Crippen LogP contribution in [0.15, 0.2) is 6.07 Å². The Balaban J connectivity index is 1.97. The van der Waals surface area contributed by atoms with Gasteiger partial charge in [0.25, 0.3) is 0 Å². The Kier molecular flexibility index (Phi) is 10.1. The van der Waals surface area contributed by atoms with Crippen molar-refractivity contribution in [1.29, 1.82) is 0 Å². The van der Waals surface area contributed by atoms with E-state index in [1.165, 1.54) is 64.2 Å². The molecule has 0 aliphatic rings. The van der Waals surface area contributed by atoms with Gasteiger partial charge >= 0.3 is 5.97 Å². The summed E-state index contributed by atoms with van der Waals surface area (Å²) in [6, 6.07) is 1.74. The zero-order chi connectivity index (χ0) is 16.2. The van der Waals surface area contributed by atoms with Crippen LogP contribution in [0.1, 0.15) is 93.7 Å². The highest BCUT2D eigenvalue weighted by atomic mass is 35.5. The lowest BCUT2D eigenvalue weighted by atomic mass is 10.0. The standard InChI is InChI=1S/C18H30ClNO2/c1-2-3-4-5-6-7-8-9-10-11-12-13-15-14-16(19)17(20-15)18(21)22/h14,20H,2-13H2,1H3,(H,21,22). The number of halogens is 1. The van der Waals surface area contributed by atoms with E-state index in [-0.39, 0.29) is 5.69 Å². The Morgan fingerprint density at radius 1 is 1.00 bits per heavy atom. The molecule has 0 atom stereocenters. The van der Waals surface area contributed by atoms with E-state index in [1.54, 1.807) is 6.07 Å². The fraction of sp³-hybridized carbons (Fsp3) is 0.722. The van der Waals surface area contributed by atoms with Crippen LogP contribution in [0.3, 0.4) is 0 Å². The van der Waals surface area contributed by atoms with Gasteiger partial charge in [-0.05, 0) is 18.9 Å². The SMILES string of the molecule is CCCCCCCCCCCCCc1cc(Cl)c(C(=O)O)[nH]1. The molecule has 0 saturated heterocycles. The van der Waals surface area contributed by atoms with Crippen LogP contribution in [0.4, 0.5) is 0 Å². The minimum Gasteiger partial charge on any atom is -0.477 e. The van der Waals surface area contributed by atoms with Crippen molar-refractivity contribution in [2.24, 2.45) is 0 Å². The highest BCUT2D eigenvalue weighted by molar-refractivity contribution is 6.33. The summed E-state index contributed by atoms with van der Waals surface area (Å²) in [6.07, 6.45) is 15.4. The first-order valence-corrected chi connectivity index (χ1v) is 9.13. The molecule has 1 rings (SSSR count). The Morgan fingerprint density at radius 3 is 1.95 bits per heavy atom. The lowest BCUT2D eigenvalue weighted by molar-refractivity contribution is 0.0691. The maximum Gasteiger partial charge on any atom is 0.353 e. The molecule has 0 aromatic carbocycles. The van der Waals surface area contributed by atoms with Crippen molar-refractivity contribution in [3.05, 3.63) is 22.5 Å². The molecule has 22 heavy (non-hydrogen) atoms. The van der Waals surface area contributed by atoms with Gasteiger partial charge in [0.1, 0.15) is 5.69 Å². The predicted molar refractivity (Wildman–Crippen MR) is 92.9 cm³/mol. The molecular formula is C18H30ClNO2. The molecule has 3 nitrogen and oxygen atoms in total. The molecule has 1 aromatic rings. The van der Waals surface area contributed by atoms with Gasteiger partial charge in [-0.3, -0.25) is 0 Å². The van der Waals surface area contributed by atoms with Crippen molar-refractivity contribution in [3.8, 4) is 0 Å². The van der Waals surface area contributed by atoms with Gasteiger partial charge in [-0.2, -0.15) is 0 Å². The Bertz CT molecular complexity index is 429. The number of H-pyrrole nitrogens is 1. The van der Waals surface area contributed by atoms with E-state index in [4.69, 9.17) is 16.7 Å². The second kappa shape index (κ2) is 11.6. The number of carbonyl (C=O) groups is 1. The van der Waals surface area contributed by atoms with E-state index in [2.05, 4.69) is 11.9 Å². The van der Waals surface area contributed by atoms with Crippen LogP contribution < -0.4 is 0 Å². The fourth-order valence-corrected chi connectivity index (χ4v) is 3.01. The molecule has 0 fully saturated rings. The van der Waals surface area contributed by atoms with Gasteiger partial charge in [-0.25, -0.2) is 4.79 Å². The van der Waals surface area contributed by atoms with Crippen molar-refractivity contribution in [2.45, 2.75) is 84.0 Å². The number of aromatic amines is 1. The summed E-state index contributed by atoms with van der Waals surface area (Å²) < 4.78 is 0. The second-order valence-corrected chi connectivity index (χ2v) is 6.52. The lowest BCUT2D eigenvalue weighted by Crippen LogP contribution is -1.97. The van der Waals surface area contributed by atoms with Crippen molar-refractivity contribution in [2.75, 3.05) is 0 Å².